The van der Waals surface area contributed by atoms with Gasteiger partial charge in [-0.15, -0.1) is 0 Å². The number of hydrogen-bond donors (Lipinski definition) is 3. The van der Waals surface area contributed by atoms with Crippen LogP contribution in [0.1, 0.15) is 30.5 Å². The van der Waals surface area contributed by atoms with Gasteiger partial charge in [0.2, 0.25) is 11.9 Å². The summed E-state index contributed by atoms with van der Waals surface area (Å²) in [4.78, 5) is 25.9. The molecular formula is C10H14N4O3. The summed E-state index contributed by atoms with van der Waals surface area (Å²) in [6.45, 7) is 4.04. The maximum Gasteiger partial charge on any atom is 0.356 e. The summed E-state index contributed by atoms with van der Waals surface area (Å²) in [5.41, 5.74) is -0.0306. The van der Waals surface area contributed by atoms with Crippen LogP contribution in [0.2, 0.25) is 0 Å². The van der Waals surface area contributed by atoms with E-state index in [1.807, 2.05) is 6.92 Å². The normalized spacial score (nSPS) is 22.5. The fraction of sp³-hybridized carbons (Fsp3) is 0.500. The van der Waals surface area contributed by atoms with Gasteiger partial charge in [0.1, 0.15) is 6.17 Å². The predicted molar refractivity (Wildman–Crippen MR) is 59.7 cm³/mol. The number of carboxylic acid groups (broad SMARTS) is 1. The fourth-order valence-corrected chi connectivity index (χ4v) is 1.90. The summed E-state index contributed by atoms with van der Waals surface area (Å²) in [6, 6.07) is 0. The average molecular weight is 238 g/mol. The third-order valence-electron chi connectivity index (χ3n) is 2.72. The maximum atomic E-state index is 11.1. The Morgan fingerprint density at radius 3 is 2.94 bits per heavy atom. The number of aromatic nitrogens is 2. The van der Waals surface area contributed by atoms with E-state index in [1.54, 1.807) is 4.57 Å². The van der Waals surface area contributed by atoms with Gasteiger partial charge in [0.25, 0.3) is 0 Å². The van der Waals surface area contributed by atoms with Crippen LogP contribution in [0.3, 0.4) is 0 Å². The van der Waals surface area contributed by atoms with Crippen molar-refractivity contribution >= 4 is 17.8 Å². The summed E-state index contributed by atoms with van der Waals surface area (Å²) < 4.78 is 1.65. The van der Waals surface area contributed by atoms with Crippen LogP contribution in [-0.4, -0.2) is 33.1 Å². The first-order chi connectivity index (χ1) is 7.99. The molecule has 7 nitrogen and oxygen atoms in total. The Kier molecular flexibility index (Phi) is 2.74. The van der Waals surface area contributed by atoms with Gasteiger partial charge in [0.05, 0.1) is 0 Å². The highest BCUT2D eigenvalue weighted by Gasteiger charge is 2.28. The minimum atomic E-state index is -1.08. The molecule has 1 amide bonds. The number of rotatable bonds is 2. The van der Waals surface area contributed by atoms with E-state index >= 15 is 0 Å². The van der Waals surface area contributed by atoms with Crippen molar-refractivity contribution in [2.24, 2.45) is 5.92 Å². The van der Waals surface area contributed by atoms with E-state index in [1.165, 1.54) is 13.1 Å². The first-order valence-electron chi connectivity index (χ1n) is 5.32. The van der Waals surface area contributed by atoms with Gasteiger partial charge in [0, 0.05) is 25.6 Å². The van der Waals surface area contributed by atoms with Crippen molar-refractivity contribution in [2.45, 2.75) is 20.0 Å². The highest BCUT2D eigenvalue weighted by atomic mass is 16.4. The number of aromatic carboxylic acids is 1. The maximum absolute atomic E-state index is 11.1. The van der Waals surface area contributed by atoms with Crippen LogP contribution in [0.4, 0.5) is 5.95 Å². The lowest BCUT2D eigenvalue weighted by Crippen LogP contribution is -2.41. The number of imidazole rings is 1. The Balaban J connectivity index is 2.36. The summed E-state index contributed by atoms with van der Waals surface area (Å²) in [6.07, 6.45) is 1.17. The van der Waals surface area contributed by atoms with Crippen molar-refractivity contribution in [3.05, 3.63) is 11.9 Å². The Morgan fingerprint density at radius 1 is 1.65 bits per heavy atom. The number of carbonyl (C=O) groups excluding carboxylic acids is 1. The van der Waals surface area contributed by atoms with E-state index < -0.39 is 5.97 Å². The molecule has 0 saturated carbocycles. The molecule has 2 atom stereocenters. The molecule has 0 radical (unpaired) electrons. The van der Waals surface area contributed by atoms with E-state index in [2.05, 4.69) is 15.6 Å². The van der Waals surface area contributed by atoms with E-state index in [0.29, 0.717) is 12.5 Å². The highest BCUT2D eigenvalue weighted by Crippen LogP contribution is 2.26. The number of carboxylic acids is 1. The van der Waals surface area contributed by atoms with Gasteiger partial charge in [-0.3, -0.25) is 9.36 Å². The molecule has 1 aromatic rings. The van der Waals surface area contributed by atoms with Gasteiger partial charge in [-0.1, -0.05) is 6.92 Å². The minimum absolute atomic E-state index is 0.0306. The molecule has 2 unspecified atom stereocenters. The second-order valence-corrected chi connectivity index (χ2v) is 4.17. The van der Waals surface area contributed by atoms with E-state index in [-0.39, 0.29) is 23.7 Å². The summed E-state index contributed by atoms with van der Waals surface area (Å²) >= 11 is 0. The zero-order valence-electron chi connectivity index (χ0n) is 9.60. The number of anilines is 1. The molecule has 17 heavy (non-hydrogen) atoms. The van der Waals surface area contributed by atoms with Gasteiger partial charge in [0.15, 0.2) is 5.69 Å². The Bertz CT molecular complexity index is 468. The Labute approximate surface area is 97.8 Å². The molecule has 0 aliphatic carbocycles. The number of carbonyl (C=O) groups is 2. The second-order valence-electron chi connectivity index (χ2n) is 4.17. The fourth-order valence-electron chi connectivity index (χ4n) is 1.90. The predicted octanol–water partition coefficient (Wildman–Crippen LogP) is 0.278. The van der Waals surface area contributed by atoms with E-state index in [0.717, 1.165) is 0 Å². The topological polar surface area (TPSA) is 96.2 Å². The van der Waals surface area contributed by atoms with Gasteiger partial charge >= 0.3 is 5.97 Å². The van der Waals surface area contributed by atoms with Crippen molar-refractivity contribution in [1.29, 1.82) is 0 Å². The zero-order valence-corrected chi connectivity index (χ0v) is 9.60. The molecule has 0 saturated heterocycles. The molecule has 1 aromatic heterocycles. The summed E-state index contributed by atoms with van der Waals surface area (Å²) in [7, 11) is 0. The smallest absolute Gasteiger partial charge is 0.356 e. The molecule has 92 valence electrons. The highest BCUT2D eigenvalue weighted by molar-refractivity contribution is 5.85. The molecule has 3 N–H and O–H groups in total. The first kappa shape index (κ1) is 11.4. The van der Waals surface area contributed by atoms with E-state index in [4.69, 9.17) is 5.11 Å². The standard InChI is InChI=1S/C10H14N4O3/c1-5-3-11-10-13-7(9(16)17)4-14(10)8(5)12-6(2)15/h4-5,8H,3H2,1-2H3,(H,11,13)(H,12,15)(H,16,17). The molecule has 7 heteroatoms. The number of nitrogens with zero attached hydrogens (tertiary/aromatic N) is 2. The quantitative estimate of drug-likeness (QED) is 0.687. The van der Waals surface area contributed by atoms with E-state index in [9.17, 15) is 9.59 Å². The lowest BCUT2D eigenvalue weighted by atomic mass is 10.1. The monoisotopic (exact) mass is 238 g/mol. The molecule has 0 fully saturated rings. The SMILES string of the molecule is CC(=O)NC1C(C)CNc2nc(C(=O)O)cn21. The lowest BCUT2D eigenvalue weighted by molar-refractivity contribution is -0.120. The van der Waals surface area contributed by atoms with Crippen LogP contribution in [0.5, 0.6) is 0 Å². The number of fused-ring (bicyclic) bond motifs is 1. The van der Waals surface area contributed by atoms with Crippen LogP contribution in [-0.2, 0) is 4.79 Å². The lowest BCUT2D eigenvalue weighted by Gasteiger charge is -2.32. The van der Waals surface area contributed by atoms with Gasteiger partial charge in [-0.2, -0.15) is 0 Å². The summed E-state index contributed by atoms with van der Waals surface area (Å²) in [5.74, 6) is -0.607. The zero-order chi connectivity index (χ0) is 12.6. The molecule has 0 bridgehead atoms. The molecule has 1 aliphatic heterocycles. The van der Waals surface area contributed by atoms with Crippen LogP contribution in [0.25, 0.3) is 0 Å². The van der Waals surface area contributed by atoms with Gasteiger partial charge in [-0.05, 0) is 0 Å². The molecule has 1 aliphatic rings. The average Bonchev–Trinajstić information content (AvgIpc) is 2.66. The largest absolute Gasteiger partial charge is 0.476 e. The Hall–Kier alpha value is -2.05. The third-order valence-corrected chi connectivity index (χ3v) is 2.72. The number of amides is 1. The number of nitrogens with one attached hydrogen (secondary N) is 2. The minimum Gasteiger partial charge on any atom is -0.476 e. The van der Waals surface area contributed by atoms with Crippen molar-refractivity contribution in [2.75, 3.05) is 11.9 Å². The molecule has 2 heterocycles. The van der Waals surface area contributed by atoms with Crippen LogP contribution >= 0.6 is 0 Å². The third kappa shape index (κ3) is 2.08. The van der Waals surface area contributed by atoms with Crippen LogP contribution < -0.4 is 10.6 Å². The molecule has 2 rings (SSSR count). The van der Waals surface area contributed by atoms with Crippen molar-refractivity contribution in [3.63, 3.8) is 0 Å². The molecule has 0 aromatic carbocycles. The van der Waals surface area contributed by atoms with Gasteiger partial charge in [-0.25, -0.2) is 9.78 Å². The van der Waals surface area contributed by atoms with Crippen molar-refractivity contribution in [3.8, 4) is 0 Å². The first-order valence-corrected chi connectivity index (χ1v) is 5.32. The van der Waals surface area contributed by atoms with Gasteiger partial charge < -0.3 is 15.7 Å². The van der Waals surface area contributed by atoms with Crippen LogP contribution in [0, 0.1) is 5.92 Å². The van der Waals surface area contributed by atoms with Crippen molar-refractivity contribution < 1.29 is 14.7 Å². The van der Waals surface area contributed by atoms with Crippen molar-refractivity contribution in [1.82, 2.24) is 14.9 Å². The molecule has 0 spiro atoms. The molecular weight excluding hydrogens is 224 g/mol. The van der Waals surface area contributed by atoms with Crippen LogP contribution in [0.15, 0.2) is 6.20 Å². The Morgan fingerprint density at radius 2 is 2.35 bits per heavy atom. The number of hydrogen-bond acceptors (Lipinski definition) is 4. The second kappa shape index (κ2) is 4.08. The summed E-state index contributed by atoms with van der Waals surface area (Å²) in [5, 5.41) is 14.7.